The molecular formula is C18H26N2O5. The van der Waals surface area contributed by atoms with Gasteiger partial charge in [-0.1, -0.05) is 0 Å². The fourth-order valence-corrected chi connectivity index (χ4v) is 3.25. The quantitative estimate of drug-likeness (QED) is 0.823. The summed E-state index contributed by atoms with van der Waals surface area (Å²) in [7, 11) is 0. The zero-order chi connectivity index (χ0) is 18.6. The van der Waals surface area contributed by atoms with Crippen molar-refractivity contribution in [3.63, 3.8) is 0 Å². The average molecular weight is 350 g/mol. The summed E-state index contributed by atoms with van der Waals surface area (Å²) in [6.07, 6.45) is 1.47. The molecule has 138 valence electrons. The molecule has 1 N–H and O–H groups in total. The van der Waals surface area contributed by atoms with Crippen LogP contribution in [0.5, 0.6) is 0 Å². The molecule has 7 nitrogen and oxygen atoms in total. The first-order valence-electron chi connectivity index (χ1n) is 8.72. The third-order valence-corrected chi connectivity index (χ3v) is 4.46. The highest BCUT2D eigenvalue weighted by atomic mass is 16.5. The maximum atomic E-state index is 12.9. The van der Waals surface area contributed by atoms with Gasteiger partial charge < -0.3 is 19.4 Å². The summed E-state index contributed by atoms with van der Waals surface area (Å²) in [6.45, 7) is 8.52. The largest absolute Gasteiger partial charge is 0.466 e. The molecule has 0 saturated carbocycles. The highest BCUT2D eigenvalue weighted by Gasteiger charge is 2.32. The molecule has 1 aromatic rings. The summed E-state index contributed by atoms with van der Waals surface area (Å²) >= 11 is 0. The molecule has 0 aliphatic carbocycles. The molecule has 1 atom stereocenters. The number of hydrogen-bond donors (Lipinski definition) is 1. The molecule has 0 bridgehead atoms. The number of ether oxygens (including phenoxy) is 2. The molecule has 0 spiro atoms. The van der Waals surface area contributed by atoms with E-state index in [2.05, 4.69) is 4.98 Å². The lowest BCUT2D eigenvalue weighted by molar-refractivity contribution is -0.149. The molecule has 1 aliphatic rings. The third kappa shape index (κ3) is 4.03. The number of aryl methyl sites for hydroxylation is 1. The average Bonchev–Trinajstić information content (AvgIpc) is 2.89. The SMILES string of the molecule is CCOC(=O)c1c(C)[nH]c(C(=O)N2CCCC(C(=O)OCC)C2)c1C. The van der Waals surface area contributed by atoms with Gasteiger partial charge in [0, 0.05) is 18.8 Å². The van der Waals surface area contributed by atoms with Gasteiger partial charge in [0.25, 0.3) is 5.91 Å². The first kappa shape index (κ1) is 19.0. The van der Waals surface area contributed by atoms with E-state index >= 15 is 0 Å². The van der Waals surface area contributed by atoms with Gasteiger partial charge in [0.2, 0.25) is 0 Å². The highest BCUT2D eigenvalue weighted by Crippen LogP contribution is 2.24. The number of aromatic nitrogens is 1. The molecule has 1 aliphatic heterocycles. The molecule has 0 aromatic carbocycles. The van der Waals surface area contributed by atoms with Crippen LogP contribution in [-0.4, -0.2) is 54.0 Å². The fraction of sp³-hybridized carbons (Fsp3) is 0.611. The van der Waals surface area contributed by atoms with Crippen LogP contribution in [0.1, 0.15) is 58.8 Å². The molecule has 1 amide bonds. The minimum absolute atomic E-state index is 0.204. The number of likely N-dealkylation sites (tertiary alicyclic amines) is 1. The van der Waals surface area contributed by atoms with Crippen molar-refractivity contribution in [2.75, 3.05) is 26.3 Å². The van der Waals surface area contributed by atoms with Gasteiger partial charge in [-0.05, 0) is 46.1 Å². The number of nitrogens with zero attached hydrogens (tertiary/aromatic N) is 1. The van der Waals surface area contributed by atoms with E-state index in [1.807, 2.05) is 0 Å². The summed E-state index contributed by atoms with van der Waals surface area (Å²) in [5.74, 6) is -1.19. The van der Waals surface area contributed by atoms with Crippen LogP contribution >= 0.6 is 0 Å². The summed E-state index contributed by atoms with van der Waals surface area (Å²) < 4.78 is 10.1. The van der Waals surface area contributed by atoms with Gasteiger partial charge in [-0.15, -0.1) is 0 Å². The lowest BCUT2D eigenvalue weighted by Crippen LogP contribution is -2.43. The number of rotatable bonds is 5. The number of aromatic amines is 1. The van der Waals surface area contributed by atoms with Crippen molar-refractivity contribution in [1.29, 1.82) is 0 Å². The Bertz CT molecular complexity index is 665. The standard InChI is InChI=1S/C18H26N2O5/c1-5-24-17(22)13-8-7-9-20(10-13)16(21)15-11(3)14(12(4)19-15)18(23)25-6-2/h13,19H,5-10H2,1-4H3. The van der Waals surface area contributed by atoms with E-state index in [4.69, 9.17) is 9.47 Å². The fourth-order valence-electron chi connectivity index (χ4n) is 3.25. The normalized spacial score (nSPS) is 17.3. The van der Waals surface area contributed by atoms with Crippen LogP contribution < -0.4 is 0 Å². The monoisotopic (exact) mass is 350 g/mol. The van der Waals surface area contributed by atoms with E-state index in [0.717, 1.165) is 12.8 Å². The molecule has 1 fully saturated rings. The lowest BCUT2D eigenvalue weighted by atomic mass is 9.97. The van der Waals surface area contributed by atoms with Gasteiger partial charge >= 0.3 is 11.9 Å². The zero-order valence-electron chi connectivity index (χ0n) is 15.3. The second-order valence-corrected chi connectivity index (χ2v) is 6.19. The smallest absolute Gasteiger partial charge is 0.340 e. The molecule has 25 heavy (non-hydrogen) atoms. The summed E-state index contributed by atoms with van der Waals surface area (Å²) in [5.41, 5.74) is 1.98. The number of carbonyl (C=O) groups excluding carboxylic acids is 3. The Kier molecular flexibility index (Phi) is 6.22. The number of esters is 2. The van der Waals surface area contributed by atoms with Crippen molar-refractivity contribution >= 4 is 17.8 Å². The maximum Gasteiger partial charge on any atom is 0.340 e. The Morgan fingerprint density at radius 3 is 2.48 bits per heavy atom. The minimum Gasteiger partial charge on any atom is -0.466 e. The Morgan fingerprint density at radius 2 is 1.84 bits per heavy atom. The highest BCUT2D eigenvalue weighted by molar-refractivity contribution is 6.00. The third-order valence-electron chi connectivity index (χ3n) is 4.46. The summed E-state index contributed by atoms with van der Waals surface area (Å²) in [4.78, 5) is 41.6. The van der Waals surface area contributed by atoms with Crippen molar-refractivity contribution in [2.45, 2.75) is 40.5 Å². The Hall–Kier alpha value is -2.31. The molecule has 1 saturated heterocycles. The maximum absolute atomic E-state index is 12.9. The Labute approximate surface area is 147 Å². The summed E-state index contributed by atoms with van der Waals surface area (Å²) in [6, 6.07) is 0. The van der Waals surface area contributed by atoms with E-state index < -0.39 is 5.97 Å². The molecule has 2 heterocycles. The van der Waals surface area contributed by atoms with Crippen LogP contribution in [0.15, 0.2) is 0 Å². The van der Waals surface area contributed by atoms with E-state index in [-0.39, 0.29) is 24.4 Å². The van der Waals surface area contributed by atoms with Gasteiger partial charge in [0.05, 0.1) is 24.7 Å². The molecule has 2 rings (SSSR count). The predicted molar refractivity (Wildman–Crippen MR) is 91.5 cm³/mol. The van der Waals surface area contributed by atoms with E-state index in [9.17, 15) is 14.4 Å². The second-order valence-electron chi connectivity index (χ2n) is 6.19. The lowest BCUT2D eigenvalue weighted by Gasteiger charge is -2.31. The van der Waals surface area contributed by atoms with Crippen molar-refractivity contribution in [3.05, 3.63) is 22.5 Å². The van der Waals surface area contributed by atoms with E-state index in [1.165, 1.54) is 0 Å². The number of amides is 1. The van der Waals surface area contributed by atoms with Crippen molar-refractivity contribution in [2.24, 2.45) is 5.92 Å². The topological polar surface area (TPSA) is 88.7 Å². The van der Waals surface area contributed by atoms with Crippen molar-refractivity contribution < 1.29 is 23.9 Å². The zero-order valence-corrected chi connectivity index (χ0v) is 15.3. The molecular weight excluding hydrogens is 324 g/mol. The van der Waals surface area contributed by atoms with Crippen LogP contribution in [0.25, 0.3) is 0 Å². The van der Waals surface area contributed by atoms with E-state index in [1.54, 1.807) is 32.6 Å². The number of nitrogens with one attached hydrogen (secondary N) is 1. The minimum atomic E-state index is -0.434. The van der Waals surface area contributed by atoms with Gasteiger partial charge in [-0.3, -0.25) is 9.59 Å². The van der Waals surface area contributed by atoms with Crippen LogP contribution in [0.4, 0.5) is 0 Å². The van der Waals surface area contributed by atoms with Crippen molar-refractivity contribution in [3.8, 4) is 0 Å². The van der Waals surface area contributed by atoms with Gasteiger partial charge in [0.1, 0.15) is 5.69 Å². The van der Waals surface area contributed by atoms with Crippen LogP contribution in [0.3, 0.4) is 0 Å². The van der Waals surface area contributed by atoms with E-state index in [0.29, 0.717) is 42.2 Å². The molecule has 7 heteroatoms. The first-order valence-corrected chi connectivity index (χ1v) is 8.72. The van der Waals surface area contributed by atoms with Crippen LogP contribution in [0, 0.1) is 19.8 Å². The molecule has 1 aromatic heterocycles. The number of H-pyrrole nitrogens is 1. The molecule has 0 radical (unpaired) electrons. The molecule has 1 unspecified atom stereocenters. The van der Waals surface area contributed by atoms with Crippen LogP contribution in [-0.2, 0) is 14.3 Å². The first-order chi connectivity index (χ1) is 11.9. The number of carbonyl (C=O) groups is 3. The summed E-state index contributed by atoms with van der Waals surface area (Å²) in [5, 5.41) is 0. The number of hydrogen-bond acceptors (Lipinski definition) is 5. The van der Waals surface area contributed by atoms with Gasteiger partial charge in [-0.25, -0.2) is 4.79 Å². The van der Waals surface area contributed by atoms with Crippen LogP contribution in [0.2, 0.25) is 0 Å². The predicted octanol–water partition coefficient (Wildman–Crippen LogP) is 2.22. The second kappa shape index (κ2) is 8.18. The van der Waals surface area contributed by atoms with Crippen molar-refractivity contribution in [1.82, 2.24) is 9.88 Å². The van der Waals surface area contributed by atoms with Gasteiger partial charge in [-0.2, -0.15) is 0 Å². The number of piperidine rings is 1. The Balaban J connectivity index is 2.19. The Morgan fingerprint density at radius 1 is 1.16 bits per heavy atom. The van der Waals surface area contributed by atoms with Gasteiger partial charge in [0.15, 0.2) is 0 Å².